The molecule has 0 bridgehead atoms. The average molecular weight is 133 g/mol. The maximum absolute atomic E-state index is 9.62. The van der Waals surface area contributed by atoms with Crippen molar-refractivity contribution in [1.82, 2.24) is 0 Å². The van der Waals surface area contributed by atoms with Crippen LogP contribution in [0.2, 0.25) is 0 Å². The zero-order valence-corrected chi connectivity index (χ0v) is 4.83. The summed E-state index contributed by atoms with van der Waals surface area (Å²) in [6, 6.07) is 0. The van der Waals surface area contributed by atoms with Crippen molar-refractivity contribution < 1.29 is 9.90 Å². The summed E-state index contributed by atoms with van der Waals surface area (Å²) in [7, 11) is 0. The summed E-state index contributed by atoms with van der Waals surface area (Å²) in [5.74, 6) is -1.44. The Morgan fingerprint density at radius 2 is 2.38 bits per heavy atom. The van der Waals surface area contributed by atoms with Crippen molar-refractivity contribution in [1.29, 1.82) is 5.41 Å². The summed E-state index contributed by atoms with van der Waals surface area (Å²) in [5, 5.41) is 16.0. The van der Waals surface area contributed by atoms with E-state index < -0.39 is 5.97 Å². The summed E-state index contributed by atoms with van der Waals surface area (Å²) < 4.78 is 0. The van der Waals surface area contributed by atoms with Crippen LogP contribution in [-0.4, -0.2) is 16.9 Å². The van der Waals surface area contributed by atoms with Crippen LogP contribution in [0.1, 0.15) is 0 Å². The number of thioether (sulfide) groups is 1. The van der Waals surface area contributed by atoms with Crippen LogP contribution in [-0.2, 0) is 4.79 Å². The maximum Gasteiger partial charge on any atom is 0.151 e. The Balaban J connectivity index is 3.18. The predicted octanol–water partition coefficient (Wildman–Crippen LogP) is -1.64. The monoisotopic (exact) mass is 133 g/mol. The van der Waals surface area contributed by atoms with Gasteiger partial charge in [0.05, 0.1) is 5.97 Å². The van der Waals surface area contributed by atoms with E-state index in [1.54, 1.807) is 0 Å². The van der Waals surface area contributed by atoms with Gasteiger partial charge >= 0.3 is 0 Å². The van der Waals surface area contributed by atoms with E-state index in [9.17, 15) is 9.90 Å². The van der Waals surface area contributed by atoms with E-state index in [0.29, 0.717) is 0 Å². The first kappa shape index (κ1) is 7.29. The van der Waals surface area contributed by atoms with Crippen LogP contribution in [0.5, 0.6) is 0 Å². The molecule has 0 heterocycles. The molecule has 0 radical (unpaired) electrons. The van der Waals surface area contributed by atoms with Gasteiger partial charge in [0.2, 0.25) is 0 Å². The highest BCUT2D eigenvalue weighted by molar-refractivity contribution is 8.14. The number of amidine groups is 1. The average Bonchev–Trinajstić information content (AvgIpc) is 1.61. The molecule has 4 nitrogen and oxygen atoms in total. The second-order valence-corrected chi connectivity index (χ2v) is 2.04. The van der Waals surface area contributed by atoms with E-state index in [0.717, 1.165) is 11.8 Å². The molecular weight excluding hydrogens is 128 g/mol. The molecule has 0 aliphatic carbocycles. The molecule has 0 atom stereocenters. The van der Waals surface area contributed by atoms with E-state index >= 15 is 0 Å². The van der Waals surface area contributed by atoms with Gasteiger partial charge in [0, 0.05) is 5.75 Å². The third-order valence-electron chi connectivity index (χ3n) is 0.346. The SMILES string of the molecule is N=C(N)SCC(=O)[O-]. The second-order valence-electron chi connectivity index (χ2n) is 1.02. The molecule has 5 heteroatoms. The topological polar surface area (TPSA) is 90.0 Å². The molecule has 0 saturated carbocycles. The van der Waals surface area contributed by atoms with Crippen LogP contribution < -0.4 is 10.8 Å². The van der Waals surface area contributed by atoms with Gasteiger partial charge in [0.1, 0.15) is 0 Å². The minimum absolute atomic E-state index is 0.200. The molecule has 0 unspecified atom stereocenters. The van der Waals surface area contributed by atoms with Gasteiger partial charge in [-0.1, -0.05) is 11.8 Å². The minimum Gasteiger partial charge on any atom is -0.549 e. The predicted molar refractivity (Wildman–Crippen MR) is 29.4 cm³/mol. The highest BCUT2D eigenvalue weighted by Gasteiger charge is 1.88. The fraction of sp³-hybridized carbons (Fsp3) is 0.333. The van der Waals surface area contributed by atoms with Gasteiger partial charge < -0.3 is 15.6 Å². The molecule has 8 heavy (non-hydrogen) atoms. The van der Waals surface area contributed by atoms with Crippen molar-refractivity contribution in [3.05, 3.63) is 0 Å². The first-order chi connectivity index (χ1) is 3.63. The molecule has 0 aromatic carbocycles. The number of carbonyl (C=O) groups is 1. The second kappa shape index (κ2) is 3.31. The summed E-state index contributed by atoms with van der Waals surface area (Å²) in [6.45, 7) is 0. The molecule has 0 aromatic rings. The normalized spacial score (nSPS) is 8.50. The molecule has 0 saturated heterocycles. The molecule has 0 rings (SSSR count). The number of nitrogens with two attached hydrogens (primary N) is 1. The van der Waals surface area contributed by atoms with Gasteiger partial charge in [0.15, 0.2) is 5.17 Å². The lowest BCUT2D eigenvalue weighted by molar-refractivity contribution is -0.301. The van der Waals surface area contributed by atoms with Crippen molar-refractivity contribution in [3.63, 3.8) is 0 Å². The van der Waals surface area contributed by atoms with Crippen LogP contribution >= 0.6 is 11.8 Å². The number of hydrogen-bond acceptors (Lipinski definition) is 4. The van der Waals surface area contributed by atoms with Gasteiger partial charge in [-0.3, -0.25) is 5.41 Å². The van der Waals surface area contributed by atoms with Crippen molar-refractivity contribution in [3.8, 4) is 0 Å². The van der Waals surface area contributed by atoms with Crippen molar-refractivity contribution >= 4 is 22.9 Å². The molecule has 0 aliphatic rings. The van der Waals surface area contributed by atoms with Crippen LogP contribution in [0.25, 0.3) is 0 Å². The van der Waals surface area contributed by atoms with Crippen LogP contribution in [0, 0.1) is 5.41 Å². The first-order valence-corrected chi connectivity index (χ1v) is 2.78. The van der Waals surface area contributed by atoms with Crippen LogP contribution in [0.4, 0.5) is 0 Å². The molecule has 0 spiro atoms. The Hall–Kier alpha value is -0.710. The van der Waals surface area contributed by atoms with Gasteiger partial charge in [-0.2, -0.15) is 0 Å². The fourth-order valence-corrected chi connectivity index (χ4v) is 0.410. The molecule has 3 N–H and O–H groups in total. The lowest BCUT2D eigenvalue weighted by atomic mass is 10.8. The Morgan fingerprint density at radius 3 is 2.50 bits per heavy atom. The van der Waals surface area contributed by atoms with Crippen molar-refractivity contribution in [2.75, 3.05) is 5.75 Å². The van der Waals surface area contributed by atoms with Gasteiger partial charge in [-0.25, -0.2) is 0 Å². The van der Waals surface area contributed by atoms with E-state index in [1.807, 2.05) is 0 Å². The molecule has 0 aliphatic heterocycles. The Morgan fingerprint density at radius 1 is 1.88 bits per heavy atom. The number of aliphatic carboxylic acids is 1. The molecule has 46 valence electrons. The summed E-state index contributed by atoms with van der Waals surface area (Å²) in [4.78, 5) is 9.62. The standard InChI is InChI=1S/C3H6N2O2S/c4-3(5)8-1-2(6)7/h1H2,(H3,4,5)(H,6,7)/p-1. The number of carboxylic acids is 1. The largest absolute Gasteiger partial charge is 0.549 e. The number of nitrogens with one attached hydrogen (secondary N) is 1. The van der Waals surface area contributed by atoms with Gasteiger partial charge in [-0.15, -0.1) is 0 Å². The van der Waals surface area contributed by atoms with Gasteiger partial charge in [0.25, 0.3) is 0 Å². The maximum atomic E-state index is 9.62. The lowest BCUT2D eigenvalue weighted by Gasteiger charge is -1.96. The lowest BCUT2D eigenvalue weighted by Crippen LogP contribution is -2.25. The highest BCUT2D eigenvalue weighted by atomic mass is 32.2. The fourth-order valence-electron chi connectivity index (χ4n) is 0.137. The molecule has 0 amide bonds. The summed E-state index contributed by atoms with van der Waals surface area (Å²) in [5.41, 5.74) is 4.80. The Bertz CT molecular complexity index is 99.9. The van der Waals surface area contributed by atoms with Crippen LogP contribution in [0.3, 0.4) is 0 Å². The van der Waals surface area contributed by atoms with E-state index in [4.69, 9.17) is 11.1 Å². The van der Waals surface area contributed by atoms with Crippen LogP contribution in [0.15, 0.2) is 0 Å². The Labute approximate surface area is 50.6 Å². The molecular formula is C3H5N2O2S-. The van der Waals surface area contributed by atoms with Gasteiger partial charge in [-0.05, 0) is 0 Å². The molecule has 0 fully saturated rings. The Kier molecular flexibility index (Phi) is 3.02. The van der Waals surface area contributed by atoms with E-state index in [2.05, 4.69) is 0 Å². The number of carbonyl (C=O) groups excluding carboxylic acids is 1. The van der Waals surface area contributed by atoms with Crippen molar-refractivity contribution in [2.24, 2.45) is 5.73 Å². The first-order valence-electron chi connectivity index (χ1n) is 1.79. The number of rotatable bonds is 2. The van der Waals surface area contributed by atoms with E-state index in [1.165, 1.54) is 0 Å². The summed E-state index contributed by atoms with van der Waals surface area (Å²) >= 11 is 0.738. The number of hydrogen-bond donors (Lipinski definition) is 2. The van der Waals surface area contributed by atoms with Crippen molar-refractivity contribution in [2.45, 2.75) is 0 Å². The number of carboxylic acid groups (broad SMARTS) is 1. The minimum atomic E-state index is -1.20. The highest BCUT2D eigenvalue weighted by Crippen LogP contribution is 1.93. The third kappa shape index (κ3) is 5.29. The van der Waals surface area contributed by atoms with E-state index in [-0.39, 0.29) is 10.9 Å². The zero-order valence-electron chi connectivity index (χ0n) is 4.01. The molecule has 0 aromatic heterocycles. The zero-order chi connectivity index (χ0) is 6.57. The summed E-state index contributed by atoms with van der Waals surface area (Å²) in [6.07, 6.45) is 0. The smallest absolute Gasteiger partial charge is 0.151 e. The quantitative estimate of drug-likeness (QED) is 0.349. The third-order valence-corrected chi connectivity index (χ3v) is 1.04.